The molecular weight excluding hydrogens is 180 g/mol. The quantitative estimate of drug-likeness (QED) is 0.409. The van der Waals surface area contributed by atoms with Crippen molar-refractivity contribution in [1.29, 1.82) is 10.5 Å². The van der Waals surface area contributed by atoms with Crippen molar-refractivity contribution in [3.8, 4) is 12.1 Å². The Bertz CT molecular complexity index is 508. The molecule has 1 heterocycles. The van der Waals surface area contributed by atoms with Crippen molar-refractivity contribution in [3.63, 3.8) is 0 Å². The molecule has 1 rings (SSSR count). The highest BCUT2D eigenvalue weighted by atomic mass is 16.2. The first-order chi connectivity index (χ1) is 7.08. The number of rotatable bonds is 0. The number of carbonyl (C=O) groups excluding carboxylic acids is 1. The molecule has 1 amide bonds. The maximum absolute atomic E-state index is 11.3. The lowest BCUT2D eigenvalue weighted by Crippen LogP contribution is -2.19. The summed E-state index contributed by atoms with van der Waals surface area (Å²) in [7, 11) is 1.32. The molecule has 0 unspecified atom stereocenters. The molecule has 1 aliphatic rings. The van der Waals surface area contributed by atoms with Gasteiger partial charge in [0.25, 0.3) is 11.6 Å². The number of nitriles is 2. The molecule has 0 aromatic rings. The normalized spacial score (nSPS) is 19.7. The van der Waals surface area contributed by atoms with Crippen LogP contribution in [0.15, 0.2) is 23.0 Å². The van der Waals surface area contributed by atoms with Gasteiger partial charge in [-0.05, 0) is 0 Å². The largest absolute Gasteiger partial charge is 0.319 e. The first kappa shape index (κ1) is 8.04. The molecular formula is C9H4N4O. The molecule has 0 aliphatic carbocycles. The zero-order chi connectivity index (χ0) is 11.6. The highest BCUT2D eigenvalue weighted by Crippen LogP contribution is 2.24. The summed E-state index contributed by atoms with van der Waals surface area (Å²) in [6, 6.07) is 2.76. The standard InChI is InChI=1S/C9H4N4O/c1-12-7(5-11)9-6(4-10)3-8(14)13(9)2/h3H,2H3/b9-7-/i3D. The molecule has 0 aromatic carbocycles. The van der Waals surface area contributed by atoms with E-state index in [-0.39, 0.29) is 17.0 Å². The van der Waals surface area contributed by atoms with Crippen LogP contribution in [-0.4, -0.2) is 17.9 Å². The third-order valence-corrected chi connectivity index (χ3v) is 1.66. The summed E-state index contributed by atoms with van der Waals surface area (Å²) in [5, 5.41) is 17.4. The van der Waals surface area contributed by atoms with Crippen molar-refractivity contribution in [2.45, 2.75) is 0 Å². The van der Waals surface area contributed by atoms with Gasteiger partial charge in [-0.3, -0.25) is 4.79 Å². The van der Waals surface area contributed by atoms with Gasteiger partial charge in [-0.2, -0.15) is 5.26 Å². The highest BCUT2D eigenvalue weighted by Gasteiger charge is 2.27. The molecule has 5 heteroatoms. The van der Waals surface area contributed by atoms with Crippen molar-refractivity contribution < 1.29 is 6.17 Å². The zero-order valence-corrected chi connectivity index (χ0v) is 7.20. The van der Waals surface area contributed by atoms with E-state index < -0.39 is 12.0 Å². The van der Waals surface area contributed by atoms with Crippen molar-refractivity contribution in [3.05, 3.63) is 34.4 Å². The van der Waals surface area contributed by atoms with Gasteiger partial charge in [-0.15, -0.1) is 0 Å². The second-order valence-electron chi connectivity index (χ2n) is 2.40. The van der Waals surface area contributed by atoms with E-state index in [2.05, 4.69) is 4.85 Å². The first-order valence-corrected chi connectivity index (χ1v) is 3.49. The van der Waals surface area contributed by atoms with E-state index in [1.807, 2.05) is 0 Å². The number of allylic oxidation sites excluding steroid dienone is 2. The van der Waals surface area contributed by atoms with Gasteiger partial charge in [0, 0.05) is 13.1 Å². The molecule has 66 valence electrons. The Morgan fingerprint density at radius 2 is 2.43 bits per heavy atom. The molecule has 0 spiro atoms. The lowest BCUT2D eigenvalue weighted by atomic mass is 10.2. The van der Waals surface area contributed by atoms with E-state index in [9.17, 15) is 4.79 Å². The molecule has 1 aliphatic heterocycles. The summed E-state index contributed by atoms with van der Waals surface area (Å²) in [6.45, 7) is 6.73. The van der Waals surface area contributed by atoms with Crippen LogP contribution in [0.4, 0.5) is 0 Å². The van der Waals surface area contributed by atoms with Gasteiger partial charge in [0.1, 0.15) is 6.07 Å². The van der Waals surface area contributed by atoms with E-state index in [0.29, 0.717) is 0 Å². The van der Waals surface area contributed by atoms with Gasteiger partial charge in [-0.1, -0.05) is 0 Å². The summed E-state index contributed by atoms with van der Waals surface area (Å²) in [5.74, 6) is -0.682. The second-order valence-corrected chi connectivity index (χ2v) is 2.40. The topological polar surface area (TPSA) is 72.2 Å². The van der Waals surface area contributed by atoms with E-state index in [1.54, 1.807) is 12.1 Å². The third kappa shape index (κ3) is 1.22. The molecule has 0 atom stereocenters. The van der Waals surface area contributed by atoms with Crippen LogP contribution in [0.2, 0.25) is 0 Å². The number of hydrogen-bond acceptors (Lipinski definition) is 3. The Morgan fingerprint density at radius 3 is 2.86 bits per heavy atom. The number of carbonyl (C=O) groups is 1. The maximum Gasteiger partial charge on any atom is 0.286 e. The smallest absolute Gasteiger partial charge is 0.286 e. The molecule has 0 saturated heterocycles. The van der Waals surface area contributed by atoms with Crippen molar-refractivity contribution in [2.24, 2.45) is 0 Å². The average molecular weight is 185 g/mol. The summed E-state index contributed by atoms with van der Waals surface area (Å²) in [4.78, 5) is 15.2. The fourth-order valence-corrected chi connectivity index (χ4v) is 1.01. The van der Waals surface area contributed by atoms with Crippen LogP contribution < -0.4 is 0 Å². The fourth-order valence-electron chi connectivity index (χ4n) is 1.01. The molecule has 0 aromatic heterocycles. The number of nitrogens with zero attached hydrogens (tertiary/aromatic N) is 4. The Balaban J connectivity index is 3.56. The molecule has 0 radical (unpaired) electrons. The van der Waals surface area contributed by atoms with Gasteiger partial charge >= 0.3 is 0 Å². The second kappa shape index (κ2) is 3.43. The van der Waals surface area contributed by atoms with E-state index in [0.717, 1.165) is 4.90 Å². The van der Waals surface area contributed by atoms with Gasteiger partial charge < -0.3 is 4.90 Å². The lowest BCUT2D eigenvalue weighted by Gasteiger charge is -2.11. The van der Waals surface area contributed by atoms with Gasteiger partial charge in [-0.25, -0.2) is 10.1 Å². The van der Waals surface area contributed by atoms with Crippen LogP contribution in [0, 0.1) is 29.2 Å². The minimum absolute atomic E-state index is 0.0787. The Morgan fingerprint density at radius 1 is 1.79 bits per heavy atom. The fraction of sp³-hybridized carbons (Fsp3) is 0.111. The van der Waals surface area contributed by atoms with Crippen LogP contribution >= 0.6 is 0 Å². The Hall–Kier alpha value is -2.58. The van der Waals surface area contributed by atoms with Crippen LogP contribution in [-0.2, 0) is 4.79 Å². The van der Waals surface area contributed by atoms with Gasteiger partial charge in [0.05, 0.1) is 25.3 Å². The summed E-state index contributed by atoms with van der Waals surface area (Å²) < 4.78 is 7.32. The van der Waals surface area contributed by atoms with Gasteiger partial charge in [0.15, 0.2) is 0 Å². The zero-order valence-electron chi connectivity index (χ0n) is 8.20. The van der Waals surface area contributed by atoms with Gasteiger partial charge in [0.2, 0.25) is 0 Å². The highest BCUT2D eigenvalue weighted by molar-refractivity contribution is 5.96. The van der Waals surface area contributed by atoms with Crippen molar-refractivity contribution >= 4 is 5.91 Å². The SMILES string of the molecule is [2H]C1=C(C#N)/C(=C(\C#N)[N+]#[C-])N(C)C1=O. The summed E-state index contributed by atoms with van der Waals surface area (Å²) >= 11 is 0. The monoisotopic (exact) mass is 185 g/mol. The lowest BCUT2D eigenvalue weighted by molar-refractivity contribution is -0.122. The van der Waals surface area contributed by atoms with Crippen molar-refractivity contribution in [1.82, 2.24) is 4.90 Å². The molecule has 14 heavy (non-hydrogen) atoms. The number of amides is 1. The molecule has 5 nitrogen and oxygen atoms in total. The average Bonchev–Trinajstić information content (AvgIpc) is 2.46. The Labute approximate surface area is 82.0 Å². The van der Waals surface area contributed by atoms with E-state index >= 15 is 0 Å². The number of hydrogen-bond donors (Lipinski definition) is 0. The molecule has 0 saturated carbocycles. The predicted octanol–water partition coefficient (Wildman–Crippen LogP) is 0.563. The molecule has 0 bridgehead atoms. The maximum atomic E-state index is 11.3. The van der Waals surface area contributed by atoms with E-state index in [4.69, 9.17) is 18.5 Å². The number of likely N-dealkylation sites (N-methyl/N-ethyl adjacent to an activating group) is 1. The predicted molar refractivity (Wildman–Crippen MR) is 45.7 cm³/mol. The van der Waals surface area contributed by atoms with E-state index in [1.165, 1.54) is 7.05 Å². The van der Waals surface area contributed by atoms with Crippen LogP contribution in [0.1, 0.15) is 1.37 Å². The first-order valence-electron chi connectivity index (χ1n) is 3.99. The van der Waals surface area contributed by atoms with Crippen molar-refractivity contribution in [2.75, 3.05) is 7.05 Å². The Kier molecular flexibility index (Phi) is 1.97. The minimum Gasteiger partial charge on any atom is -0.319 e. The van der Waals surface area contributed by atoms with Crippen LogP contribution in [0.5, 0.6) is 0 Å². The van der Waals surface area contributed by atoms with Crippen LogP contribution in [0.3, 0.4) is 0 Å². The molecule has 0 N–H and O–H groups in total. The third-order valence-electron chi connectivity index (χ3n) is 1.66. The minimum atomic E-state index is -0.682. The summed E-state index contributed by atoms with van der Waals surface area (Å²) in [6.07, 6.45) is 0. The summed E-state index contributed by atoms with van der Waals surface area (Å²) in [5.41, 5.74) is -0.662. The van der Waals surface area contributed by atoms with Crippen LogP contribution in [0.25, 0.3) is 4.85 Å². The molecule has 0 fully saturated rings.